The molecule has 158 valence electrons. The topological polar surface area (TPSA) is 64.7 Å². The van der Waals surface area contributed by atoms with Crippen molar-refractivity contribution in [3.8, 4) is 5.88 Å². The van der Waals surface area contributed by atoms with Crippen LogP contribution < -0.4 is 4.74 Å². The van der Waals surface area contributed by atoms with E-state index in [4.69, 9.17) is 14.0 Å². The summed E-state index contributed by atoms with van der Waals surface area (Å²) in [6.45, 7) is 3.28. The van der Waals surface area contributed by atoms with E-state index in [1.165, 1.54) is 89.7 Å². The molecule has 1 heterocycles. The smallest absolute Gasteiger partial charge is 0.254 e. The molecule has 0 saturated carbocycles. The fourth-order valence-electron chi connectivity index (χ4n) is 3.17. The van der Waals surface area contributed by atoms with Crippen molar-refractivity contribution in [3.05, 3.63) is 12.3 Å². The van der Waals surface area contributed by atoms with E-state index in [2.05, 4.69) is 12.1 Å². The van der Waals surface area contributed by atoms with Crippen molar-refractivity contribution in [2.75, 3.05) is 19.8 Å². The molecule has 27 heavy (non-hydrogen) atoms. The largest absolute Gasteiger partial charge is 0.467 e. The summed E-state index contributed by atoms with van der Waals surface area (Å²) in [7, 11) is 0. The van der Waals surface area contributed by atoms with Gasteiger partial charge in [0.1, 0.15) is 12.4 Å². The van der Waals surface area contributed by atoms with Crippen molar-refractivity contribution in [2.24, 2.45) is 0 Å². The minimum Gasteiger partial charge on any atom is -0.467 e. The Morgan fingerprint density at radius 2 is 1.44 bits per heavy atom. The molecule has 0 saturated heterocycles. The van der Waals surface area contributed by atoms with Gasteiger partial charge >= 0.3 is 0 Å². The maximum Gasteiger partial charge on any atom is 0.254 e. The zero-order valence-corrected chi connectivity index (χ0v) is 17.4. The van der Waals surface area contributed by atoms with Crippen molar-refractivity contribution in [3.63, 3.8) is 0 Å². The predicted octanol–water partition coefficient (Wildman–Crippen LogP) is 5.91. The van der Waals surface area contributed by atoms with Gasteiger partial charge in [-0.25, -0.2) is 0 Å². The molecular weight excluding hydrogens is 342 g/mol. The lowest BCUT2D eigenvalue weighted by atomic mass is 10.0. The van der Waals surface area contributed by atoms with Crippen molar-refractivity contribution in [2.45, 2.75) is 103 Å². The van der Waals surface area contributed by atoms with Gasteiger partial charge in [-0.05, 0) is 11.6 Å². The van der Waals surface area contributed by atoms with Gasteiger partial charge < -0.3 is 19.1 Å². The Balaban J connectivity index is 1.77. The minimum atomic E-state index is -0.387. The summed E-state index contributed by atoms with van der Waals surface area (Å²) < 4.78 is 15.7. The van der Waals surface area contributed by atoms with E-state index in [1.54, 1.807) is 6.07 Å². The number of ether oxygens (including phenoxy) is 2. The first-order valence-corrected chi connectivity index (χ1v) is 11.1. The molecule has 5 nitrogen and oxygen atoms in total. The van der Waals surface area contributed by atoms with E-state index >= 15 is 0 Å². The number of aliphatic hydroxyl groups excluding tert-OH is 1. The van der Waals surface area contributed by atoms with Gasteiger partial charge in [0.15, 0.2) is 0 Å². The lowest BCUT2D eigenvalue weighted by Gasteiger charge is -2.14. The summed E-state index contributed by atoms with van der Waals surface area (Å²) in [5.41, 5.74) is 0. The van der Waals surface area contributed by atoms with Gasteiger partial charge in [-0.3, -0.25) is 0 Å². The molecule has 0 aromatic carbocycles. The fraction of sp³-hybridized carbons (Fsp3) is 0.864. The van der Waals surface area contributed by atoms with Crippen LogP contribution in [0.2, 0.25) is 0 Å². The molecule has 0 radical (unpaired) electrons. The maximum atomic E-state index is 9.29. The first-order valence-electron chi connectivity index (χ1n) is 11.1. The quantitative estimate of drug-likeness (QED) is 0.283. The number of nitrogens with zero attached hydrogens (tertiary/aromatic N) is 1. The lowest BCUT2D eigenvalue weighted by molar-refractivity contribution is 0.0153. The zero-order chi connectivity index (χ0) is 19.4. The van der Waals surface area contributed by atoms with Crippen LogP contribution in [0.5, 0.6) is 5.88 Å². The first-order chi connectivity index (χ1) is 13.4. The van der Waals surface area contributed by atoms with Crippen molar-refractivity contribution in [1.82, 2.24) is 5.16 Å². The SMILES string of the molecule is CCCCCCCCCCCCCCCCOC[C@H](CO)Oc1ccon1. The molecule has 5 heteroatoms. The summed E-state index contributed by atoms with van der Waals surface area (Å²) in [4.78, 5) is 0. The average molecular weight is 384 g/mol. The van der Waals surface area contributed by atoms with Crippen molar-refractivity contribution < 1.29 is 19.1 Å². The number of hydrogen-bond acceptors (Lipinski definition) is 5. The van der Waals surface area contributed by atoms with Crippen molar-refractivity contribution in [1.29, 1.82) is 0 Å². The molecule has 0 aliphatic carbocycles. The Bertz CT molecular complexity index is 397. The lowest BCUT2D eigenvalue weighted by Crippen LogP contribution is -2.27. The molecule has 1 atom stereocenters. The maximum absolute atomic E-state index is 9.29. The zero-order valence-electron chi connectivity index (χ0n) is 17.4. The van der Waals surface area contributed by atoms with Gasteiger partial charge in [0, 0.05) is 12.7 Å². The molecule has 0 fully saturated rings. The van der Waals surface area contributed by atoms with E-state index in [9.17, 15) is 5.11 Å². The third-order valence-electron chi connectivity index (χ3n) is 4.85. The Labute approximate surface area is 165 Å². The normalized spacial score (nSPS) is 12.4. The third-order valence-corrected chi connectivity index (χ3v) is 4.85. The summed E-state index contributed by atoms with van der Waals surface area (Å²) >= 11 is 0. The molecule has 0 spiro atoms. The highest BCUT2D eigenvalue weighted by Gasteiger charge is 2.11. The van der Waals surface area contributed by atoms with Gasteiger partial charge in [0.25, 0.3) is 5.88 Å². The molecule has 0 bridgehead atoms. The standard InChI is InChI=1S/C22H41NO4/c1-2-3-4-5-6-7-8-9-10-11-12-13-14-15-17-25-20-21(19-24)27-22-16-18-26-23-22/h16,18,21,24H,2-15,17,19-20H2,1H3/t21-/m0/s1. The fourth-order valence-corrected chi connectivity index (χ4v) is 3.17. The summed E-state index contributed by atoms with van der Waals surface area (Å²) in [6, 6.07) is 1.62. The van der Waals surface area contributed by atoms with Crippen LogP contribution >= 0.6 is 0 Å². The highest BCUT2D eigenvalue weighted by molar-refractivity contribution is 5.02. The van der Waals surface area contributed by atoms with E-state index in [0.29, 0.717) is 12.5 Å². The summed E-state index contributed by atoms with van der Waals surface area (Å²) in [6.07, 6.45) is 20.0. The number of aliphatic hydroxyl groups is 1. The molecule has 0 aliphatic heterocycles. The Hall–Kier alpha value is -1.07. The van der Waals surface area contributed by atoms with Crippen LogP contribution in [0.4, 0.5) is 0 Å². The second kappa shape index (κ2) is 18.3. The number of hydrogen-bond donors (Lipinski definition) is 1. The second-order valence-electron chi connectivity index (χ2n) is 7.43. The highest BCUT2D eigenvalue weighted by atomic mass is 16.6. The van der Waals surface area contributed by atoms with Gasteiger partial charge in [0.05, 0.1) is 13.2 Å². The van der Waals surface area contributed by atoms with Crippen LogP contribution in [-0.2, 0) is 4.74 Å². The van der Waals surface area contributed by atoms with Gasteiger partial charge in [0.2, 0.25) is 0 Å². The van der Waals surface area contributed by atoms with E-state index < -0.39 is 0 Å². The summed E-state index contributed by atoms with van der Waals surface area (Å²) in [5, 5.41) is 13.0. The molecule has 1 rings (SSSR count). The van der Waals surface area contributed by atoms with E-state index in [0.717, 1.165) is 13.0 Å². The Kier molecular flexibility index (Phi) is 16.2. The van der Waals surface area contributed by atoms with Crippen molar-refractivity contribution >= 4 is 0 Å². The highest BCUT2D eigenvalue weighted by Crippen LogP contribution is 2.13. The summed E-state index contributed by atoms with van der Waals surface area (Å²) in [5.74, 6) is 0.383. The molecule has 0 amide bonds. The molecule has 0 unspecified atom stereocenters. The van der Waals surface area contributed by atoms with E-state index in [1.807, 2.05) is 0 Å². The second-order valence-corrected chi connectivity index (χ2v) is 7.43. The van der Waals surface area contributed by atoms with E-state index in [-0.39, 0.29) is 12.7 Å². The Morgan fingerprint density at radius 3 is 1.93 bits per heavy atom. The number of aromatic nitrogens is 1. The minimum absolute atomic E-state index is 0.0917. The van der Waals surface area contributed by atoms with Crippen LogP contribution in [0.3, 0.4) is 0 Å². The average Bonchev–Trinajstić information content (AvgIpc) is 3.19. The number of unbranched alkanes of at least 4 members (excludes halogenated alkanes) is 13. The monoisotopic (exact) mass is 383 g/mol. The van der Waals surface area contributed by atoms with Crippen LogP contribution in [-0.4, -0.2) is 36.2 Å². The molecule has 0 aliphatic rings. The predicted molar refractivity (Wildman–Crippen MR) is 109 cm³/mol. The van der Waals surface area contributed by atoms with Crippen LogP contribution in [0.25, 0.3) is 0 Å². The van der Waals surface area contributed by atoms with Gasteiger partial charge in [-0.1, -0.05) is 90.4 Å². The third kappa shape index (κ3) is 14.6. The molecule has 1 aromatic heterocycles. The number of rotatable bonds is 20. The van der Waals surface area contributed by atoms with Crippen LogP contribution in [0.15, 0.2) is 16.9 Å². The molecule has 1 aromatic rings. The molecular formula is C22H41NO4. The van der Waals surface area contributed by atoms with Crippen LogP contribution in [0.1, 0.15) is 96.8 Å². The Morgan fingerprint density at radius 1 is 0.889 bits per heavy atom. The van der Waals surface area contributed by atoms with Gasteiger partial charge in [-0.2, -0.15) is 0 Å². The van der Waals surface area contributed by atoms with Crippen LogP contribution in [0, 0.1) is 0 Å². The van der Waals surface area contributed by atoms with Gasteiger partial charge in [-0.15, -0.1) is 0 Å². The first kappa shape index (κ1) is 24.0. The molecule has 1 N–H and O–H groups in total.